The summed E-state index contributed by atoms with van der Waals surface area (Å²) < 4.78 is 1.58. The molecular formula is C14H14N4O3. The molecule has 3 heterocycles. The summed E-state index contributed by atoms with van der Waals surface area (Å²) >= 11 is 0. The summed E-state index contributed by atoms with van der Waals surface area (Å²) in [4.78, 5) is 37.5. The van der Waals surface area contributed by atoms with Crippen LogP contribution in [-0.2, 0) is 9.59 Å². The molecule has 1 N–H and O–H groups in total. The number of nitrogens with zero attached hydrogens (tertiary/aromatic N) is 3. The minimum Gasteiger partial charge on any atom is -0.315 e. The van der Waals surface area contributed by atoms with Gasteiger partial charge in [-0.25, -0.2) is 4.52 Å². The topological polar surface area (TPSA) is 83.8 Å². The first kappa shape index (κ1) is 13.3. The summed E-state index contributed by atoms with van der Waals surface area (Å²) in [6, 6.07) is 5.36. The number of nitrogens with one attached hydrogen (secondary N) is 1. The van der Waals surface area contributed by atoms with E-state index >= 15 is 0 Å². The Kier molecular flexibility index (Phi) is 2.79. The maximum atomic E-state index is 12.7. The second kappa shape index (κ2) is 4.41. The van der Waals surface area contributed by atoms with E-state index < -0.39 is 17.4 Å². The average molecular weight is 286 g/mol. The van der Waals surface area contributed by atoms with Crippen LogP contribution in [0, 0.1) is 0 Å². The number of fused-ring (bicyclic) bond motifs is 1. The van der Waals surface area contributed by atoms with Gasteiger partial charge in [-0.15, -0.1) is 0 Å². The first-order chi connectivity index (χ1) is 9.91. The highest BCUT2D eigenvalue weighted by atomic mass is 16.2. The Morgan fingerprint density at radius 1 is 1.33 bits per heavy atom. The quantitative estimate of drug-likeness (QED) is 0.760. The van der Waals surface area contributed by atoms with E-state index in [2.05, 4.69) is 10.4 Å². The average Bonchev–Trinajstić information content (AvgIpc) is 2.86. The zero-order valence-corrected chi connectivity index (χ0v) is 11.7. The van der Waals surface area contributed by atoms with Crippen molar-refractivity contribution >= 4 is 23.2 Å². The summed E-state index contributed by atoms with van der Waals surface area (Å²) in [5.41, 5.74) is -0.0866. The third-order valence-electron chi connectivity index (χ3n) is 3.69. The van der Waals surface area contributed by atoms with Gasteiger partial charge in [-0.1, -0.05) is 6.07 Å². The zero-order valence-electron chi connectivity index (χ0n) is 11.7. The number of hydrogen-bond donors (Lipinski definition) is 1. The van der Waals surface area contributed by atoms with Gasteiger partial charge in [-0.3, -0.25) is 19.7 Å². The molecule has 2 aromatic heterocycles. The van der Waals surface area contributed by atoms with Gasteiger partial charge in [0.15, 0.2) is 0 Å². The van der Waals surface area contributed by atoms with Gasteiger partial charge in [-0.05, 0) is 26.0 Å². The van der Waals surface area contributed by atoms with Crippen LogP contribution in [0.15, 0.2) is 30.6 Å². The fraction of sp³-hybridized carbons (Fsp3) is 0.286. The van der Waals surface area contributed by atoms with Crippen molar-refractivity contribution in [3.8, 4) is 0 Å². The molecule has 7 nitrogen and oxygen atoms in total. The van der Waals surface area contributed by atoms with Gasteiger partial charge >= 0.3 is 0 Å². The summed E-state index contributed by atoms with van der Waals surface area (Å²) in [6.07, 6.45) is 3.18. The van der Waals surface area contributed by atoms with Crippen LogP contribution in [-0.4, -0.2) is 44.3 Å². The molecule has 0 atom stereocenters. The lowest BCUT2D eigenvalue weighted by Crippen LogP contribution is -2.65. The highest BCUT2D eigenvalue weighted by Gasteiger charge is 2.44. The highest BCUT2D eigenvalue weighted by Crippen LogP contribution is 2.22. The van der Waals surface area contributed by atoms with Gasteiger partial charge in [0.05, 0.1) is 17.3 Å². The van der Waals surface area contributed by atoms with Crippen molar-refractivity contribution in [3.05, 3.63) is 36.2 Å². The zero-order chi connectivity index (χ0) is 15.2. The molecule has 108 valence electrons. The van der Waals surface area contributed by atoms with Gasteiger partial charge in [0, 0.05) is 6.20 Å². The fourth-order valence-electron chi connectivity index (χ4n) is 2.35. The number of carbonyl (C=O) groups excluding carboxylic acids is 3. The first-order valence-electron chi connectivity index (χ1n) is 6.50. The predicted octanol–water partition coefficient (Wildman–Crippen LogP) is 0.211. The number of carbonyl (C=O) groups is 3. The molecule has 0 aliphatic carbocycles. The summed E-state index contributed by atoms with van der Waals surface area (Å²) in [6.45, 7) is 3.07. The van der Waals surface area contributed by atoms with Gasteiger partial charge in [-0.2, -0.15) is 5.10 Å². The van der Waals surface area contributed by atoms with Gasteiger partial charge in [0.2, 0.25) is 5.91 Å². The van der Waals surface area contributed by atoms with Crippen LogP contribution in [0.4, 0.5) is 0 Å². The molecule has 0 aromatic carbocycles. The summed E-state index contributed by atoms with van der Waals surface area (Å²) in [5.74, 6) is -1.35. The van der Waals surface area contributed by atoms with Crippen molar-refractivity contribution in [2.45, 2.75) is 19.4 Å². The molecule has 0 saturated carbocycles. The third kappa shape index (κ3) is 1.97. The summed E-state index contributed by atoms with van der Waals surface area (Å²) in [7, 11) is 0. The number of pyridine rings is 1. The molecule has 0 radical (unpaired) electrons. The van der Waals surface area contributed by atoms with Crippen LogP contribution in [0.2, 0.25) is 0 Å². The Balaban J connectivity index is 2.04. The van der Waals surface area contributed by atoms with Crippen molar-refractivity contribution in [1.82, 2.24) is 19.8 Å². The molecule has 3 amide bonds. The number of imide groups is 1. The molecule has 1 aliphatic rings. The smallest absolute Gasteiger partial charge is 0.259 e. The normalized spacial score (nSPS) is 17.9. The molecule has 1 fully saturated rings. The van der Waals surface area contributed by atoms with E-state index in [-0.39, 0.29) is 12.5 Å². The molecule has 2 aromatic rings. The number of piperazine rings is 1. The second-order valence-corrected chi connectivity index (χ2v) is 5.42. The van der Waals surface area contributed by atoms with Crippen molar-refractivity contribution in [3.63, 3.8) is 0 Å². The third-order valence-corrected chi connectivity index (χ3v) is 3.69. The maximum Gasteiger partial charge on any atom is 0.259 e. The fourth-order valence-corrected chi connectivity index (χ4v) is 2.35. The van der Waals surface area contributed by atoms with Crippen LogP contribution in [0.25, 0.3) is 5.52 Å². The summed E-state index contributed by atoms with van der Waals surface area (Å²) in [5, 5.41) is 6.35. The molecule has 1 saturated heterocycles. The lowest BCUT2D eigenvalue weighted by Gasteiger charge is -2.39. The van der Waals surface area contributed by atoms with Crippen molar-refractivity contribution < 1.29 is 14.4 Å². The number of amides is 3. The Morgan fingerprint density at radius 3 is 2.86 bits per heavy atom. The molecule has 0 spiro atoms. The van der Waals surface area contributed by atoms with Gasteiger partial charge in [0.1, 0.15) is 12.1 Å². The van der Waals surface area contributed by atoms with Gasteiger partial charge < -0.3 is 4.90 Å². The lowest BCUT2D eigenvalue weighted by atomic mass is 9.97. The van der Waals surface area contributed by atoms with Crippen LogP contribution >= 0.6 is 0 Å². The molecule has 1 aliphatic heterocycles. The van der Waals surface area contributed by atoms with E-state index in [0.29, 0.717) is 11.1 Å². The Bertz CT molecular complexity index is 762. The second-order valence-electron chi connectivity index (χ2n) is 5.42. The lowest BCUT2D eigenvalue weighted by molar-refractivity contribution is -0.143. The maximum absolute atomic E-state index is 12.7. The van der Waals surface area contributed by atoms with E-state index in [1.54, 1.807) is 42.8 Å². The van der Waals surface area contributed by atoms with Crippen molar-refractivity contribution in [2.75, 3.05) is 6.54 Å². The molecule has 0 unspecified atom stereocenters. The largest absolute Gasteiger partial charge is 0.315 e. The van der Waals surface area contributed by atoms with Crippen molar-refractivity contribution in [2.24, 2.45) is 0 Å². The van der Waals surface area contributed by atoms with E-state index in [4.69, 9.17) is 0 Å². The molecule has 21 heavy (non-hydrogen) atoms. The number of hydrogen-bond acceptors (Lipinski definition) is 4. The van der Waals surface area contributed by atoms with Crippen LogP contribution < -0.4 is 5.32 Å². The molecule has 7 heteroatoms. The number of rotatable bonds is 1. The van der Waals surface area contributed by atoms with E-state index in [1.165, 1.54) is 11.1 Å². The molecule has 3 rings (SSSR count). The molecular weight excluding hydrogens is 272 g/mol. The van der Waals surface area contributed by atoms with E-state index in [0.717, 1.165) is 0 Å². The first-order valence-corrected chi connectivity index (χ1v) is 6.50. The minimum absolute atomic E-state index is 0.151. The Labute approximate surface area is 120 Å². The van der Waals surface area contributed by atoms with Crippen LogP contribution in [0.3, 0.4) is 0 Å². The monoisotopic (exact) mass is 286 g/mol. The predicted molar refractivity (Wildman–Crippen MR) is 73.5 cm³/mol. The van der Waals surface area contributed by atoms with Gasteiger partial charge in [0.25, 0.3) is 11.8 Å². The Hall–Kier alpha value is -2.70. The SMILES string of the molecule is CC1(C)C(=O)NC(=O)CN1C(=O)c1cnn2ccccc12. The highest BCUT2D eigenvalue weighted by molar-refractivity contribution is 6.10. The Morgan fingerprint density at radius 2 is 2.10 bits per heavy atom. The van der Waals surface area contributed by atoms with E-state index in [1.807, 2.05) is 0 Å². The van der Waals surface area contributed by atoms with E-state index in [9.17, 15) is 14.4 Å². The number of aromatic nitrogens is 2. The molecule has 0 bridgehead atoms. The van der Waals surface area contributed by atoms with Crippen LogP contribution in [0.5, 0.6) is 0 Å². The van der Waals surface area contributed by atoms with Crippen LogP contribution in [0.1, 0.15) is 24.2 Å². The standard InChI is InChI=1S/C14H14N4O3/c1-14(2)13(21)16-11(19)8-17(14)12(20)9-7-15-18-6-4-3-5-10(9)18/h3-7H,8H2,1-2H3,(H,16,19,21). The van der Waals surface area contributed by atoms with Crippen molar-refractivity contribution in [1.29, 1.82) is 0 Å². The minimum atomic E-state index is -1.09.